The maximum atomic E-state index is 12.7. The number of likely N-dealkylation sites (tertiary alicyclic amines) is 1. The van der Waals surface area contributed by atoms with Crippen molar-refractivity contribution in [3.05, 3.63) is 35.9 Å². The predicted octanol–water partition coefficient (Wildman–Crippen LogP) is 3.75. The number of carbonyl (C=O) groups is 1. The van der Waals surface area contributed by atoms with E-state index in [1.54, 1.807) is 0 Å². The number of nitrogens with one attached hydrogen (secondary N) is 2. The second-order valence-corrected chi connectivity index (χ2v) is 8.72. The van der Waals surface area contributed by atoms with Crippen LogP contribution in [0.3, 0.4) is 0 Å². The third-order valence-corrected chi connectivity index (χ3v) is 6.70. The fourth-order valence-corrected chi connectivity index (χ4v) is 4.88. The molecule has 0 spiro atoms. The van der Waals surface area contributed by atoms with Gasteiger partial charge in [0.05, 0.1) is 0 Å². The van der Waals surface area contributed by atoms with Gasteiger partial charge in [-0.25, -0.2) is 0 Å². The number of halogens is 1. The lowest BCUT2D eigenvalue weighted by molar-refractivity contribution is -0.135. The van der Waals surface area contributed by atoms with Gasteiger partial charge in [0.15, 0.2) is 5.96 Å². The molecule has 1 aromatic rings. The first-order valence-corrected chi connectivity index (χ1v) is 11.1. The van der Waals surface area contributed by atoms with Crippen molar-refractivity contribution in [1.82, 2.24) is 15.5 Å². The summed E-state index contributed by atoms with van der Waals surface area (Å²) in [5, 5.41) is 7.04. The Balaban J connectivity index is 0.00000240. The first kappa shape index (κ1) is 22.4. The highest BCUT2D eigenvalue weighted by Crippen LogP contribution is 2.46. The number of hydrogen-bond donors (Lipinski definition) is 2. The Morgan fingerprint density at radius 1 is 1.14 bits per heavy atom. The number of hydrogen-bond acceptors (Lipinski definition) is 2. The topological polar surface area (TPSA) is 56.7 Å². The van der Waals surface area contributed by atoms with Gasteiger partial charge in [-0.1, -0.05) is 49.6 Å². The summed E-state index contributed by atoms with van der Waals surface area (Å²) < 4.78 is 0. The van der Waals surface area contributed by atoms with Gasteiger partial charge in [0.25, 0.3) is 0 Å². The predicted molar refractivity (Wildman–Crippen MR) is 129 cm³/mol. The molecule has 6 heteroatoms. The molecular formula is C23H35IN4O. The number of benzene rings is 1. The molecule has 1 amide bonds. The van der Waals surface area contributed by atoms with Crippen molar-refractivity contribution in [3.63, 3.8) is 0 Å². The summed E-state index contributed by atoms with van der Waals surface area (Å²) in [5.41, 5.74) is 1.45. The fraction of sp³-hybridized carbons (Fsp3) is 0.652. The summed E-state index contributed by atoms with van der Waals surface area (Å²) in [6, 6.07) is 11.1. The molecule has 2 saturated carbocycles. The minimum absolute atomic E-state index is 0. The molecule has 1 saturated heterocycles. The van der Waals surface area contributed by atoms with Gasteiger partial charge >= 0.3 is 0 Å². The largest absolute Gasteiger partial charge is 0.356 e. The molecule has 29 heavy (non-hydrogen) atoms. The van der Waals surface area contributed by atoms with Crippen molar-refractivity contribution in [3.8, 4) is 0 Å². The van der Waals surface area contributed by atoms with Crippen LogP contribution in [0, 0.1) is 11.8 Å². The van der Waals surface area contributed by atoms with Crippen LogP contribution in [0.5, 0.6) is 0 Å². The summed E-state index contributed by atoms with van der Waals surface area (Å²) >= 11 is 0. The molecule has 2 N–H and O–H groups in total. The van der Waals surface area contributed by atoms with E-state index in [0.717, 1.165) is 44.9 Å². The highest BCUT2D eigenvalue weighted by atomic mass is 127. The average Bonchev–Trinajstić information content (AvgIpc) is 3.39. The lowest BCUT2D eigenvalue weighted by atomic mass is 9.88. The first-order chi connectivity index (χ1) is 13.7. The quantitative estimate of drug-likeness (QED) is 0.361. The van der Waals surface area contributed by atoms with E-state index in [1.165, 1.54) is 31.2 Å². The summed E-state index contributed by atoms with van der Waals surface area (Å²) in [6.45, 7) is 2.64. The van der Waals surface area contributed by atoms with Gasteiger partial charge < -0.3 is 15.5 Å². The van der Waals surface area contributed by atoms with Crippen LogP contribution in [0.1, 0.15) is 56.4 Å². The highest BCUT2D eigenvalue weighted by molar-refractivity contribution is 14.0. The van der Waals surface area contributed by atoms with Crippen LogP contribution in [0.25, 0.3) is 0 Å². The molecule has 0 aromatic heterocycles. The monoisotopic (exact) mass is 510 g/mol. The summed E-state index contributed by atoms with van der Waals surface area (Å²) in [7, 11) is 1.83. The van der Waals surface area contributed by atoms with E-state index in [2.05, 4.69) is 50.9 Å². The Kier molecular flexibility index (Phi) is 8.21. The molecule has 0 bridgehead atoms. The van der Waals surface area contributed by atoms with Crippen LogP contribution < -0.4 is 10.6 Å². The van der Waals surface area contributed by atoms with E-state index in [4.69, 9.17) is 0 Å². The van der Waals surface area contributed by atoms with E-state index < -0.39 is 0 Å². The van der Waals surface area contributed by atoms with Gasteiger partial charge in [-0.05, 0) is 43.1 Å². The number of nitrogens with zero attached hydrogens (tertiary/aromatic N) is 2. The molecule has 3 unspecified atom stereocenters. The van der Waals surface area contributed by atoms with Crippen molar-refractivity contribution in [2.45, 2.75) is 56.9 Å². The van der Waals surface area contributed by atoms with E-state index in [9.17, 15) is 4.79 Å². The normalized spacial score (nSPS) is 27.3. The molecule has 160 valence electrons. The van der Waals surface area contributed by atoms with Crippen molar-refractivity contribution < 1.29 is 4.79 Å². The van der Waals surface area contributed by atoms with E-state index in [0.29, 0.717) is 23.8 Å². The molecule has 1 heterocycles. The zero-order chi connectivity index (χ0) is 19.3. The standard InChI is InChI=1S/C23H34N4O.HI/c1-24-23(25-15-19-14-21(19)17-8-4-2-5-9-17)26-20-12-13-27(16-20)22(28)18-10-6-3-7-11-18;/h2,4-5,8-9,18-21H,3,6-7,10-16H2,1H3,(H2,24,25,26);1H. The Hall–Kier alpha value is -1.31. The van der Waals surface area contributed by atoms with Crippen LogP contribution in [0.4, 0.5) is 0 Å². The van der Waals surface area contributed by atoms with Gasteiger partial charge in [0.2, 0.25) is 5.91 Å². The van der Waals surface area contributed by atoms with Crippen LogP contribution in [-0.4, -0.2) is 49.5 Å². The minimum atomic E-state index is 0. The molecule has 0 radical (unpaired) electrons. The lowest BCUT2D eigenvalue weighted by Crippen LogP contribution is -2.46. The highest BCUT2D eigenvalue weighted by Gasteiger charge is 2.38. The molecule has 4 rings (SSSR count). The smallest absolute Gasteiger partial charge is 0.225 e. The van der Waals surface area contributed by atoms with E-state index >= 15 is 0 Å². The van der Waals surface area contributed by atoms with Gasteiger partial charge in [0.1, 0.15) is 0 Å². The lowest BCUT2D eigenvalue weighted by Gasteiger charge is -2.26. The molecule has 2 aliphatic carbocycles. The van der Waals surface area contributed by atoms with Crippen molar-refractivity contribution in [2.75, 3.05) is 26.7 Å². The first-order valence-electron chi connectivity index (χ1n) is 11.1. The van der Waals surface area contributed by atoms with Gasteiger partial charge in [-0.15, -0.1) is 24.0 Å². The molecule has 1 aliphatic heterocycles. The fourth-order valence-electron chi connectivity index (χ4n) is 4.88. The second-order valence-electron chi connectivity index (χ2n) is 8.72. The van der Waals surface area contributed by atoms with Crippen LogP contribution >= 0.6 is 24.0 Å². The van der Waals surface area contributed by atoms with E-state index in [-0.39, 0.29) is 29.9 Å². The third-order valence-electron chi connectivity index (χ3n) is 6.70. The third kappa shape index (κ3) is 5.86. The Morgan fingerprint density at radius 2 is 1.90 bits per heavy atom. The molecule has 3 fully saturated rings. The van der Waals surface area contributed by atoms with Gasteiger partial charge in [-0.2, -0.15) is 0 Å². The summed E-state index contributed by atoms with van der Waals surface area (Å²) in [4.78, 5) is 19.2. The Bertz CT molecular complexity index is 689. The summed E-state index contributed by atoms with van der Waals surface area (Å²) in [5.74, 6) is 2.90. The number of carbonyl (C=O) groups excluding carboxylic acids is 1. The molecule has 5 nitrogen and oxygen atoms in total. The van der Waals surface area contributed by atoms with Gasteiger partial charge in [-0.3, -0.25) is 9.79 Å². The number of aliphatic imine (C=N–C) groups is 1. The van der Waals surface area contributed by atoms with E-state index in [1.807, 2.05) is 7.05 Å². The number of rotatable bonds is 5. The zero-order valence-corrected chi connectivity index (χ0v) is 19.8. The van der Waals surface area contributed by atoms with Gasteiger partial charge in [0, 0.05) is 38.6 Å². The Morgan fingerprint density at radius 3 is 2.62 bits per heavy atom. The molecule has 1 aromatic carbocycles. The maximum absolute atomic E-state index is 12.7. The van der Waals surface area contributed by atoms with Crippen LogP contribution in [-0.2, 0) is 4.79 Å². The SMILES string of the molecule is CN=C(NCC1CC1c1ccccc1)NC1CCN(C(=O)C2CCCCC2)C1.I. The molecular weight excluding hydrogens is 475 g/mol. The number of amides is 1. The molecule has 3 atom stereocenters. The van der Waals surface area contributed by atoms with Crippen molar-refractivity contribution >= 4 is 35.8 Å². The van der Waals surface area contributed by atoms with Crippen molar-refractivity contribution in [1.29, 1.82) is 0 Å². The van der Waals surface area contributed by atoms with Crippen LogP contribution in [0.2, 0.25) is 0 Å². The minimum Gasteiger partial charge on any atom is -0.356 e. The number of guanidine groups is 1. The van der Waals surface area contributed by atoms with Crippen LogP contribution in [0.15, 0.2) is 35.3 Å². The summed E-state index contributed by atoms with van der Waals surface area (Å²) in [6.07, 6.45) is 8.15. The maximum Gasteiger partial charge on any atom is 0.225 e. The second kappa shape index (κ2) is 10.6. The molecule has 3 aliphatic rings. The average molecular weight is 510 g/mol. The van der Waals surface area contributed by atoms with Crippen molar-refractivity contribution in [2.24, 2.45) is 16.8 Å². The Labute approximate surface area is 192 Å². The zero-order valence-electron chi connectivity index (χ0n) is 17.5.